The van der Waals surface area contributed by atoms with Crippen molar-refractivity contribution in [1.82, 2.24) is 4.57 Å². The number of carboxylic acid groups (broad SMARTS) is 1. The molecule has 1 unspecified atom stereocenters. The van der Waals surface area contributed by atoms with Gasteiger partial charge in [0.05, 0.1) is 11.6 Å². The van der Waals surface area contributed by atoms with Gasteiger partial charge in [-0.3, -0.25) is 0 Å². The molecule has 1 heterocycles. The lowest BCUT2D eigenvalue weighted by Gasteiger charge is -2.09. The third-order valence-electron chi connectivity index (χ3n) is 2.60. The van der Waals surface area contributed by atoms with E-state index in [9.17, 15) is 4.79 Å². The summed E-state index contributed by atoms with van der Waals surface area (Å²) in [7, 11) is 0. The molecule has 1 aromatic heterocycles. The third kappa shape index (κ3) is 1.85. The summed E-state index contributed by atoms with van der Waals surface area (Å²) in [6.45, 7) is 1.65. The zero-order chi connectivity index (χ0) is 12.6. The molecule has 5 heteroatoms. The Morgan fingerprint density at radius 2 is 2.24 bits per heavy atom. The van der Waals surface area contributed by atoms with E-state index in [0.29, 0.717) is 10.5 Å². The average Bonchev–Trinajstić information content (AvgIpc) is 2.66. The fourth-order valence-corrected chi connectivity index (χ4v) is 2.00. The molecule has 0 saturated carbocycles. The second kappa shape index (κ2) is 4.11. The molecule has 17 heavy (non-hydrogen) atoms. The molecule has 4 nitrogen and oxygen atoms in total. The Morgan fingerprint density at radius 3 is 2.82 bits per heavy atom. The number of hydrogen-bond acceptors (Lipinski definition) is 2. The van der Waals surface area contributed by atoms with Crippen LogP contribution in [-0.2, 0) is 0 Å². The molecule has 86 valence electrons. The van der Waals surface area contributed by atoms with Gasteiger partial charge in [-0.1, -0.05) is 17.7 Å². The van der Waals surface area contributed by atoms with E-state index >= 15 is 0 Å². The summed E-state index contributed by atoms with van der Waals surface area (Å²) in [5, 5.41) is 19.3. The van der Waals surface area contributed by atoms with Gasteiger partial charge in [-0.2, -0.15) is 5.26 Å². The number of aromatic nitrogens is 1. The van der Waals surface area contributed by atoms with Crippen LogP contribution >= 0.6 is 11.6 Å². The topological polar surface area (TPSA) is 66.0 Å². The van der Waals surface area contributed by atoms with E-state index in [1.807, 2.05) is 6.07 Å². The highest BCUT2D eigenvalue weighted by molar-refractivity contribution is 6.31. The highest BCUT2D eigenvalue weighted by Gasteiger charge is 2.18. The van der Waals surface area contributed by atoms with Crippen molar-refractivity contribution in [2.24, 2.45) is 0 Å². The molecule has 0 bridgehead atoms. The Morgan fingerprint density at radius 1 is 1.53 bits per heavy atom. The van der Waals surface area contributed by atoms with Crippen LogP contribution in [0.25, 0.3) is 10.9 Å². The van der Waals surface area contributed by atoms with Crippen molar-refractivity contribution < 1.29 is 9.90 Å². The van der Waals surface area contributed by atoms with Crippen molar-refractivity contribution in [1.29, 1.82) is 5.26 Å². The lowest BCUT2D eigenvalue weighted by Crippen LogP contribution is -2.11. The van der Waals surface area contributed by atoms with E-state index in [1.54, 1.807) is 31.2 Å². The van der Waals surface area contributed by atoms with Gasteiger partial charge in [-0.15, -0.1) is 0 Å². The number of hydrogen-bond donors (Lipinski definition) is 1. The Hall–Kier alpha value is -1.99. The van der Waals surface area contributed by atoms with Gasteiger partial charge in [0.15, 0.2) is 0 Å². The second-order valence-electron chi connectivity index (χ2n) is 3.71. The van der Waals surface area contributed by atoms with Crippen molar-refractivity contribution in [3.63, 3.8) is 0 Å². The molecular formula is C12H9ClN2O2. The average molecular weight is 249 g/mol. The van der Waals surface area contributed by atoms with Crippen LogP contribution in [0, 0.1) is 11.3 Å². The first kappa shape index (κ1) is 11.5. The molecule has 1 N–H and O–H groups in total. The predicted octanol–water partition coefficient (Wildman–Crippen LogP) is 3.08. The molecule has 0 fully saturated rings. The van der Waals surface area contributed by atoms with Gasteiger partial charge < -0.3 is 9.67 Å². The molecule has 0 aliphatic rings. The quantitative estimate of drug-likeness (QED) is 0.888. The van der Waals surface area contributed by atoms with Crippen LogP contribution in [0.1, 0.15) is 23.5 Å². The van der Waals surface area contributed by atoms with Gasteiger partial charge in [0, 0.05) is 10.4 Å². The van der Waals surface area contributed by atoms with Gasteiger partial charge in [-0.25, -0.2) is 4.79 Å². The summed E-state index contributed by atoms with van der Waals surface area (Å²) in [4.78, 5) is 11.1. The van der Waals surface area contributed by atoms with Crippen molar-refractivity contribution in [3.8, 4) is 6.07 Å². The maximum absolute atomic E-state index is 11.1. The van der Waals surface area contributed by atoms with Crippen LogP contribution in [-0.4, -0.2) is 15.6 Å². The van der Waals surface area contributed by atoms with Crippen molar-refractivity contribution >= 4 is 28.5 Å². The van der Waals surface area contributed by atoms with Crippen LogP contribution in [0.15, 0.2) is 24.3 Å². The minimum Gasteiger partial charge on any atom is -0.477 e. The van der Waals surface area contributed by atoms with Crippen molar-refractivity contribution in [3.05, 3.63) is 35.0 Å². The van der Waals surface area contributed by atoms with E-state index in [-0.39, 0.29) is 5.69 Å². The molecular weight excluding hydrogens is 240 g/mol. The summed E-state index contributed by atoms with van der Waals surface area (Å²) in [6, 6.07) is 8.11. The number of fused-ring (bicyclic) bond motifs is 1. The van der Waals surface area contributed by atoms with Crippen LogP contribution < -0.4 is 0 Å². The summed E-state index contributed by atoms with van der Waals surface area (Å²) >= 11 is 5.88. The summed E-state index contributed by atoms with van der Waals surface area (Å²) in [5.74, 6) is -1.06. The van der Waals surface area contributed by atoms with Gasteiger partial charge in [-0.05, 0) is 25.1 Å². The van der Waals surface area contributed by atoms with Gasteiger partial charge in [0.2, 0.25) is 0 Å². The molecule has 0 aliphatic heterocycles. The Balaban J connectivity index is 2.83. The van der Waals surface area contributed by atoms with Crippen molar-refractivity contribution in [2.45, 2.75) is 13.0 Å². The standard InChI is InChI=1S/C12H9ClN2O2/c1-7(6-14)15-10-5-9(13)3-2-8(10)4-11(15)12(16)17/h2-5,7H,1H3,(H,16,17). The summed E-state index contributed by atoms with van der Waals surface area (Å²) in [5.41, 5.74) is 0.750. The Kier molecular flexibility index (Phi) is 2.78. The summed E-state index contributed by atoms with van der Waals surface area (Å²) < 4.78 is 1.48. The van der Waals surface area contributed by atoms with Gasteiger partial charge in [0.1, 0.15) is 11.7 Å². The molecule has 0 aliphatic carbocycles. The van der Waals surface area contributed by atoms with E-state index in [0.717, 1.165) is 5.39 Å². The lowest BCUT2D eigenvalue weighted by atomic mass is 10.2. The van der Waals surface area contributed by atoms with E-state index in [1.165, 1.54) is 4.57 Å². The van der Waals surface area contributed by atoms with E-state index in [4.69, 9.17) is 22.0 Å². The van der Waals surface area contributed by atoms with E-state index in [2.05, 4.69) is 0 Å². The highest BCUT2D eigenvalue weighted by Crippen LogP contribution is 2.26. The smallest absolute Gasteiger partial charge is 0.352 e. The monoisotopic (exact) mass is 248 g/mol. The van der Waals surface area contributed by atoms with Crippen LogP contribution in [0.2, 0.25) is 5.02 Å². The van der Waals surface area contributed by atoms with Gasteiger partial charge in [0.25, 0.3) is 0 Å². The molecule has 2 aromatic rings. The predicted molar refractivity (Wildman–Crippen MR) is 64.2 cm³/mol. The number of carboxylic acids is 1. The molecule has 2 rings (SSSR count). The molecule has 0 radical (unpaired) electrons. The highest BCUT2D eigenvalue weighted by atomic mass is 35.5. The lowest BCUT2D eigenvalue weighted by molar-refractivity contribution is 0.0685. The third-order valence-corrected chi connectivity index (χ3v) is 2.83. The Bertz CT molecular complexity index is 640. The number of benzene rings is 1. The SMILES string of the molecule is CC(C#N)n1c(C(=O)O)cc2ccc(Cl)cc21. The number of nitrogens with zero attached hydrogens (tertiary/aromatic N) is 2. The minimum absolute atomic E-state index is 0.0938. The van der Waals surface area contributed by atoms with Crippen LogP contribution in [0.4, 0.5) is 0 Å². The zero-order valence-corrected chi connectivity index (χ0v) is 9.77. The number of halogens is 1. The summed E-state index contributed by atoms with van der Waals surface area (Å²) in [6.07, 6.45) is 0. The number of nitriles is 1. The van der Waals surface area contributed by atoms with Crippen LogP contribution in [0.3, 0.4) is 0 Å². The fourth-order valence-electron chi connectivity index (χ4n) is 1.83. The van der Waals surface area contributed by atoms with Crippen LogP contribution in [0.5, 0.6) is 0 Å². The fraction of sp³-hybridized carbons (Fsp3) is 0.167. The minimum atomic E-state index is -1.06. The zero-order valence-electron chi connectivity index (χ0n) is 9.01. The number of aromatic carboxylic acids is 1. The maximum atomic E-state index is 11.1. The normalized spacial score (nSPS) is 12.3. The molecule has 0 amide bonds. The first-order valence-corrected chi connectivity index (χ1v) is 5.36. The van der Waals surface area contributed by atoms with Gasteiger partial charge >= 0.3 is 5.97 Å². The first-order chi connectivity index (χ1) is 8.04. The largest absolute Gasteiger partial charge is 0.477 e. The second-order valence-corrected chi connectivity index (χ2v) is 4.15. The maximum Gasteiger partial charge on any atom is 0.352 e. The molecule has 0 saturated heterocycles. The number of rotatable bonds is 2. The van der Waals surface area contributed by atoms with E-state index < -0.39 is 12.0 Å². The molecule has 0 spiro atoms. The number of carbonyl (C=O) groups is 1. The Labute approximate surface area is 103 Å². The molecule has 1 atom stereocenters. The molecule has 1 aromatic carbocycles. The van der Waals surface area contributed by atoms with Crippen molar-refractivity contribution in [2.75, 3.05) is 0 Å². The first-order valence-electron chi connectivity index (χ1n) is 4.98.